The first kappa shape index (κ1) is 58.5. The molecule has 0 bridgehead atoms. The number of fused-ring (bicyclic) bond motifs is 3. The largest absolute Gasteiger partial charge is 0.505 e. The highest BCUT2D eigenvalue weighted by atomic mass is 32.2. The predicted molar refractivity (Wildman–Crippen MR) is 279 cm³/mol. The molecule has 0 saturated heterocycles. The average molecular weight is 1220 g/mol. The fourth-order valence-corrected chi connectivity index (χ4v) is 10.7. The van der Waals surface area contributed by atoms with Crippen LogP contribution in [-0.2, 0) is 58.5 Å². The number of phenols is 3. The van der Waals surface area contributed by atoms with E-state index in [0.29, 0.717) is 24.1 Å². The molecular formula is C43H31N9O22S6. The van der Waals surface area contributed by atoms with Crippen LogP contribution in [0.4, 0.5) is 51.2 Å². The minimum absolute atomic E-state index is 0.0170. The number of anilines is 1. The van der Waals surface area contributed by atoms with Gasteiger partial charge in [-0.25, -0.2) is 15.8 Å². The molecule has 8 aromatic rings. The second-order valence-electron chi connectivity index (χ2n) is 15.5. The Balaban J connectivity index is 1.19. The van der Waals surface area contributed by atoms with Gasteiger partial charge in [-0.1, -0.05) is 33.3 Å². The first-order valence-corrected chi connectivity index (χ1v) is 27.6. The molecule has 11 N–H and O–H groups in total. The van der Waals surface area contributed by atoms with Crippen LogP contribution in [-0.4, -0.2) is 77.1 Å². The lowest BCUT2D eigenvalue weighted by Crippen LogP contribution is -2.02. The third-order valence-corrected chi connectivity index (χ3v) is 15.3. The van der Waals surface area contributed by atoms with Gasteiger partial charge in [-0.3, -0.25) is 13.7 Å². The molecule has 0 spiro atoms. The minimum Gasteiger partial charge on any atom is -0.505 e. The first-order chi connectivity index (χ1) is 38.1. The summed E-state index contributed by atoms with van der Waals surface area (Å²) < 4.78 is 124. The third kappa shape index (κ3) is 12.8. The lowest BCUT2D eigenvalue weighted by Gasteiger charge is -2.14. The first-order valence-electron chi connectivity index (χ1n) is 21.1. The van der Waals surface area contributed by atoms with Gasteiger partial charge in [0.25, 0.3) is 30.4 Å². The molecule has 0 amide bonds. The van der Waals surface area contributed by atoms with Crippen molar-refractivity contribution in [1.29, 1.82) is 0 Å². The van der Waals surface area contributed by atoms with Gasteiger partial charge < -0.3 is 25.8 Å². The zero-order chi connectivity index (χ0) is 57.7. The number of hydrogen-bond acceptors (Lipinski definition) is 31. The van der Waals surface area contributed by atoms with Crippen LogP contribution >= 0.6 is 36.1 Å². The van der Waals surface area contributed by atoms with E-state index < -0.39 is 95.8 Å². The summed E-state index contributed by atoms with van der Waals surface area (Å²) in [7, 11) is -13.9. The van der Waals surface area contributed by atoms with Gasteiger partial charge in [0.05, 0.1) is 80.4 Å². The molecule has 0 aromatic heterocycles. The van der Waals surface area contributed by atoms with Crippen molar-refractivity contribution in [1.82, 2.24) is 0 Å². The molecule has 80 heavy (non-hydrogen) atoms. The Morgan fingerprint density at radius 1 is 0.450 bits per heavy atom. The molecule has 37 heteroatoms. The fourth-order valence-electron chi connectivity index (χ4n) is 7.31. The van der Waals surface area contributed by atoms with Crippen molar-refractivity contribution in [3.63, 3.8) is 0 Å². The highest BCUT2D eigenvalue weighted by Crippen LogP contribution is 2.51. The van der Waals surface area contributed by atoms with Gasteiger partial charge in [0.2, 0.25) is 0 Å². The maximum Gasteiger partial charge on any atom is 0.296 e. The van der Waals surface area contributed by atoms with Crippen LogP contribution in [0, 0.1) is 0 Å². The molecule has 0 atom stereocenters. The van der Waals surface area contributed by atoms with Crippen LogP contribution < -0.4 is 10.5 Å². The van der Waals surface area contributed by atoms with Crippen LogP contribution in [0.1, 0.15) is 0 Å². The van der Waals surface area contributed by atoms with E-state index in [4.69, 9.17) is 26.2 Å². The van der Waals surface area contributed by atoms with Gasteiger partial charge >= 0.3 is 0 Å². The molecular weight excluding hydrogens is 1190 g/mol. The van der Waals surface area contributed by atoms with Gasteiger partial charge in [-0.05, 0) is 89.6 Å². The van der Waals surface area contributed by atoms with E-state index in [9.17, 15) is 54.2 Å². The van der Waals surface area contributed by atoms with E-state index in [1.54, 1.807) is 6.07 Å². The van der Waals surface area contributed by atoms with E-state index in [2.05, 4.69) is 69.0 Å². The van der Waals surface area contributed by atoms with Crippen LogP contribution in [0.2, 0.25) is 0 Å². The summed E-state index contributed by atoms with van der Waals surface area (Å²) in [5.74, 6) is -2.26. The summed E-state index contributed by atoms with van der Waals surface area (Å²) in [6, 6.07) is 21.2. The number of rotatable bonds is 21. The molecule has 0 radical (unpaired) electrons. The zero-order valence-corrected chi connectivity index (χ0v) is 44.2. The van der Waals surface area contributed by atoms with Crippen molar-refractivity contribution in [2.75, 3.05) is 12.8 Å². The topological polar surface area (TPSA) is 474 Å². The highest BCUT2D eigenvalue weighted by Gasteiger charge is 2.27. The van der Waals surface area contributed by atoms with Crippen molar-refractivity contribution in [3.8, 4) is 23.0 Å². The maximum atomic E-state index is 12.9. The molecule has 0 fully saturated rings. The molecule has 0 heterocycles. The summed E-state index contributed by atoms with van der Waals surface area (Å²) in [5.41, 5.74) is 3.49. The van der Waals surface area contributed by atoms with Crippen LogP contribution in [0.3, 0.4) is 0 Å². The number of phenolic OH excluding ortho intramolecular Hbond substituents is 3. The van der Waals surface area contributed by atoms with Crippen molar-refractivity contribution >= 4 is 150 Å². The molecule has 0 saturated carbocycles. The number of hydrogen-bond donors (Lipinski definition) is 10. The summed E-state index contributed by atoms with van der Waals surface area (Å²) in [6.07, 6.45) is 0. The summed E-state index contributed by atoms with van der Waals surface area (Å²) in [6.45, 7) is 0. The number of methoxy groups -OCH3 is 1. The maximum absolute atomic E-state index is 12.9. The van der Waals surface area contributed by atoms with Crippen molar-refractivity contribution < 1.29 is 103 Å². The van der Waals surface area contributed by atoms with E-state index >= 15 is 0 Å². The predicted octanol–water partition coefficient (Wildman–Crippen LogP) is 12.5. The number of ether oxygens (including phenoxy) is 1. The number of aromatic hydroxyl groups is 3. The molecule has 0 aliphatic heterocycles. The van der Waals surface area contributed by atoms with Crippen LogP contribution in [0.5, 0.6) is 23.0 Å². The molecule has 0 unspecified atom stereocenters. The quantitative estimate of drug-likeness (QED) is 0.00797. The molecule has 8 aromatic carbocycles. The Labute approximate surface area is 459 Å². The van der Waals surface area contributed by atoms with Gasteiger partial charge in [-0.15, -0.1) is 43.7 Å². The van der Waals surface area contributed by atoms with Crippen molar-refractivity contribution in [2.45, 2.75) is 29.4 Å². The lowest BCUT2D eigenvalue weighted by molar-refractivity contribution is -0.432. The lowest BCUT2D eigenvalue weighted by atomic mass is 10.0. The summed E-state index contributed by atoms with van der Waals surface area (Å²) in [5, 5.41) is 103. The zero-order valence-electron chi connectivity index (χ0n) is 39.3. The number of benzene rings is 8. The molecule has 0 aliphatic carbocycles. The summed E-state index contributed by atoms with van der Waals surface area (Å²) in [4.78, 5) is -2.64. The Kier molecular flexibility index (Phi) is 17.8. The molecule has 0 aliphatic rings. The number of azo groups is 4. The normalized spacial score (nSPS) is 12.7. The number of nitrogens with zero attached hydrogens (tertiary/aromatic N) is 8. The van der Waals surface area contributed by atoms with Gasteiger partial charge in [0.1, 0.15) is 54.6 Å². The Hall–Kier alpha value is -7.64. The van der Waals surface area contributed by atoms with Crippen LogP contribution in [0.25, 0.3) is 32.3 Å². The van der Waals surface area contributed by atoms with Crippen molar-refractivity contribution in [2.24, 2.45) is 40.9 Å². The molecule has 8 rings (SSSR count). The standard InChI is InChI=1S/C43H31N9O22S6/c1-68-23-9-11-28(34(16-23)79(62,63)64)48-51-38-31(76-73-70-57)13-20-12-21(8-10-24(20)41(38)53)46-50-39-32(77-74-71-58)17-26-33(78(59,60)61)18-29(37(44)36(26)43(39)55)49-45-22-7-6-19-14-35(80(65,66)67)40(42(54)25(19)15-22)52-47-27-4-2-3-5-30(27)75-72-69-56/h2-18,53-58H,44H2,1H3,(H,59,60,61)(H,62,63,64)(H,65,66,67). The van der Waals surface area contributed by atoms with E-state index in [0.717, 1.165) is 30.3 Å². The minimum atomic E-state index is -5.23. The van der Waals surface area contributed by atoms with Gasteiger partial charge in [0.15, 0.2) is 17.2 Å². The van der Waals surface area contributed by atoms with Gasteiger partial charge in [0, 0.05) is 22.2 Å². The van der Waals surface area contributed by atoms with E-state index in [1.165, 1.54) is 73.8 Å². The Bertz CT molecular complexity index is 4250. The average Bonchev–Trinajstić information content (AvgIpc) is 3.60. The fraction of sp³-hybridized carbons (Fsp3) is 0.0233. The van der Waals surface area contributed by atoms with E-state index in [-0.39, 0.29) is 82.5 Å². The van der Waals surface area contributed by atoms with Crippen molar-refractivity contribution in [3.05, 3.63) is 103 Å². The SMILES string of the molecule is COc1ccc(N=Nc2c(SOOO)cc3cc(N=Nc4c(SOOO)cc5c(S(=O)(=O)O)cc(N=Nc6ccc7cc(S(=O)(=O)O)c(N=Nc8ccccc8SOOO)c(O)c7c6)c(N)c5c4O)ccc3c2O)c(S(=O)(=O)O)c1. The number of nitrogens with two attached hydrogens (primary N) is 1. The highest BCUT2D eigenvalue weighted by molar-refractivity contribution is 7.95. The second-order valence-corrected chi connectivity index (χ2v) is 21.9. The number of nitrogen functional groups attached to an aromatic ring is 1. The second kappa shape index (κ2) is 24.4. The van der Waals surface area contributed by atoms with Gasteiger partial charge in [-0.2, -0.15) is 35.5 Å². The Morgan fingerprint density at radius 2 is 1.00 bits per heavy atom. The third-order valence-electron chi connectivity index (χ3n) is 10.8. The Morgan fingerprint density at radius 3 is 1.66 bits per heavy atom. The monoisotopic (exact) mass is 1220 g/mol. The van der Waals surface area contributed by atoms with E-state index in [1.807, 2.05) is 0 Å². The van der Waals surface area contributed by atoms with Crippen LogP contribution in [0.15, 0.2) is 173 Å². The molecule has 31 nitrogen and oxygen atoms in total. The molecule has 416 valence electrons. The smallest absolute Gasteiger partial charge is 0.296 e. The summed E-state index contributed by atoms with van der Waals surface area (Å²) >= 11 is 1.00.